The molecule has 0 aliphatic rings. The maximum atomic E-state index is 13.3. The molecule has 0 unspecified atom stereocenters. The lowest BCUT2D eigenvalue weighted by molar-refractivity contribution is -0.144. The minimum atomic E-state index is -4.60. The Balaban J connectivity index is 1.90. The van der Waals surface area contributed by atoms with Crippen LogP contribution in [-0.4, -0.2) is 33.1 Å². The van der Waals surface area contributed by atoms with Crippen molar-refractivity contribution in [1.29, 1.82) is 0 Å². The molecule has 7 nitrogen and oxygen atoms in total. The van der Waals surface area contributed by atoms with Crippen LogP contribution >= 0.6 is 11.6 Å². The average Bonchev–Trinajstić information content (AvgIpc) is 2.84. The lowest BCUT2D eigenvalue weighted by Gasteiger charge is -2.14. The molecule has 11 heteroatoms. The van der Waals surface area contributed by atoms with Gasteiger partial charge in [-0.2, -0.15) is 22.9 Å². The Hall–Kier alpha value is -4.18. The van der Waals surface area contributed by atoms with Gasteiger partial charge in [-0.1, -0.05) is 35.9 Å². The van der Waals surface area contributed by atoms with Gasteiger partial charge in [0.15, 0.2) is 11.9 Å². The number of rotatable bonds is 6. The average molecular weight is 516 g/mol. The van der Waals surface area contributed by atoms with Gasteiger partial charge in [0.1, 0.15) is 5.75 Å². The quantitative estimate of drug-likeness (QED) is 0.344. The van der Waals surface area contributed by atoms with Crippen molar-refractivity contribution < 1.29 is 27.8 Å². The third kappa shape index (κ3) is 5.23. The van der Waals surface area contributed by atoms with Gasteiger partial charge in [-0.3, -0.25) is 4.79 Å². The summed E-state index contributed by atoms with van der Waals surface area (Å²) in [7, 11) is 0. The second-order valence-electron chi connectivity index (χ2n) is 7.67. The molecule has 0 aliphatic heterocycles. The Morgan fingerprint density at radius 3 is 2.61 bits per heavy atom. The Labute approximate surface area is 207 Å². The fraction of sp³-hybridized carbons (Fsp3) is 0.120. The fourth-order valence-electron chi connectivity index (χ4n) is 3.34. The lowest BCUT2D eigenvalue weighted by Crippen LogP contribution is -2.23. The van der Waals surface area contributed by atoms with E-state index in [9.17, 15) is 22.8 Å². The van der Waals surface area contributed by atoms with Gasteiger partial charge in [0.25, 0.3) is 5.56 Å². The molecule has 3 aromatic carbocycles. The Kier molecular flexibility index (Phi) is 6.80. The zero-order chi connectivity index (χ0) is 26.0. The number of ether oxygens (including phenoxy) is 1. The summed E-state index contributed by atoms with van der Waals surface area (Å²) < 4.78 is 46.3. The molecule has 1 heterocycles. The van der Waals surface area contributed by atoms with Gasteiger partial charge >= 0.3 is 12.1 Å². The SMILES string of the molecule is C[C@@H](Oc1ccc(Cl)cc1C=Nn1c(-c2cccc(C(F)(F)F)c2)nc2ccccc2c1=O)C(=O)O. The summed E-state index contributed by atoms with van der Waals surface area (Å²) in [6.45, 7) is 1.33. The van der Waals surface area contributed by atoms with Gasteiger partial charge in [0.05, 0.1) is 22.7 Å². The van der Waals surface area contributed by atoms with Gasteiger partial charge in [0.2, 0.25) is 0 Å². The number of carboxylic acid groups (broad SMARTS) is 1. The summed E-state index contributed by atoms with van der Waals surface area (Å²) in [5.74, 6) is -1.19. The second kappa shape index (κ2) is 9.82. The van der Waals surface area contributed by atoms with E-state index >= 15 is 0 Å². The fourth-order valence-corrected chi connectivity index (χ4v) is 3.52. The number of benzene rings is 3. The van der Waals surface area contributed by atoms with E-state index in [1.807, 2.05) is 0 Å². The molecule has 0 saturated heterocycles. The maximum Gasteiger partial charge on any atom is 0.416 e. The molecule has 0 spiro atoms. The summed E-state index contributed by atoms with van der Waals surface area (Å²) in [5, 5.41) is 13.8. The predicted molar refractivity (Wildman–Crippen MR) is 129 cm³/mol. The van der Waals surface area contributed by atoms with Crippen molar-refractivity contribution in [3.8, 4) is 17.1 Å². The van der Waals surface area contributed by atoms with Crippen LogP contribution in [-0.2, 0) is 11.0 Å². The number of aromatic nitrogens is 2. The van der Waals surface area contributed by atoms with E-state index in [0.29, 0.717) is 0 Å². The highest BCUT2D eigenvalue weighted by Gasteiger charge is 2.31. The molecule has 0 amide bonds. The van der Waals surface area contributed by atoms with Crippen LogP contribution in [0.15, 0.2) is 76.6 Å². The molecule has 0 radical (unpaired) electrons. The number of nitrogens with zero attached hydrogens (tertiary/aromatic N) is 3. The number of halogens is 4. The minimum absolute atomic E-state index is 0.0203. The number of para-hydroxylation sites is 1. The minimum Gasteiger partial charge on any atom is -0.479 e. The van der Waals surface area contributed by atoms with Crippen molar-refractivity contribution in [2.75, 3.05) is 0 Å². The van der Waals surface area contributed by atoms with Gasteiger partial charge in [0, 0.05) is 16.1 Å². The Morgan fingerprint density at radius 2 is 1.89 bits per heavy atom. The molecule has 4 aromatic rings. The first-order valence-electron chi connectivity index (χ1n) is 10.5. The molecular formula is C25H17ClF3N3O4. The lowest BCUT2D eigenvalue weighted by atomic mass is 10.1. The van der Waals surface area contributed by atoms with Crippen LogP contribution in [0.4, 0.5) is 13.2 Å². The van der Waals surface area contributed by atoms with Gasteiger partial charge < -0.3 is 9.84 Å². The van der Waals surface area contributed by atoms with E-state index < -0.39 is 29.4 Å². The number of aliphatic carboxylic acids is 1. The number of hydrogen-bond acceptors (Lipinski definition) is 5. The van der Waals surface area contributed by atoms with E-state index in [4.69, 9.17) is 21.4 Å². The molecule has 0 aliphatic carbocycles. The standard InChI is InChI=1S/C25H17ClF3N3O4/c1-14(24(34)35)36-21-10-9-18(26)12-16(21)13-30-32-22(15-5-4-6-17(11-15)25(27,28)29)31-20-8-3-2-7-19(20)23(32)33/h2-14H,1H3,(H,34,35)/t14-/m1/s1. The number of hydrogen-bond donors (Lipinski definition) is 1. The summed E-state index contributed by atoms with van der Waals surface area (Å²) in [6, 6.07) is 15.1. The highest BCUT2D eigenvalue weighted by molar-refractivity contribution is 6.30. The van der Waals surface area contributed by atoms with Crippen molar-refractivity contribution >= 4 is 34.7 Å². The van der Waals surface area contributed by atoms with E-state index in [1.165, 1.54) is 49.5 Å². The van der Waals surface area contributed by atoms with Crippen LogP contribution in [0.25, 0.3) is 22.3 Å². The maximum absolute atomic E-state index is 13.3. The van der Waals surface area contributed by atoms with Crippen molar-refractivity contribution in [1.82, 2.24) is 9.66 Å². The van der Waals surface area contributed by atoms with Crippen LogP contribution in [0, 0.1) is 0 Å². The zero-order valence-electron chi connectivity index (χ0n) is 18.5. The molecule has 36 heavy (non-hydrogen) atoms. The highest BCUT2D eigenvalue weighted by atomic mass is 35.5. The van der Waals surface area contributed by atoms with Crippen LogP contribution in [0.2, 0.25) is 5.02 Å². The van der Waals surface area contributed by atoms with Gasteiger partial charge in [-0.05, 0) is 49.4 Å². The van der Waals surface area contributed by atoms with Crippen LogP contribution < -0.4 is 10.3 Å². The first kappa shape index (κ1) is 24.9. The number of carbonyl (C=O) groups is 1. The van der Waals surface area contributed by atoms with Crippen molar-refractivity contribution in [3.63, 3.8) is 0 Å². The molecule has 1 aromatic heterocycles. The van der Waals surface area contributed by atoms with Gasteiger partial charge in [-0.15, -0.1) is 0 Å². The number of carboxylic acids is 1. The summed E-state index contributed by atoms with van der Waals surface area (Å²) in [5.41, 5.74) is -0.986. The molecule has 4 rings (SSSR count). The monoisotopic (exact) mass is 515 g/mol. The Morgan fingerprint density at radius 1 is 1.14 bits per heavy atom. The summed E-state index contributed by atoms with van der Waals surface area (Å²) in [6.07, 6.45) is -4.59. The molecule has 1 atom stereocenters. The number of fused-ring (bicyclic) bond motifs is 1. The molecule has 0 saturated carbocycles. The molecule has 1 N–H and O–H groups in total. The highest BCUT2D eigenvalue weighted by Crippen LogP contribution is 2.32. The normalized spacial score (nSPS) is 12.7. The summed E-state index contributed by atoms with van der Waals surface area (Å²) in [4.78, 5) is 28.9. The largest absolute Gasteiger partial charge is 0.479 e. The molecular weight excluding hydrogens is 499 g/mol. The number of alkyl halides is 3. The van der Waals surface area contributed by atoms with Crippen LogP contribution in [0.3, 0.4) is 0 Å². The molecule has 0 bridgehead atoms. The zero-order valence-corrected chi connectivity index (χ0v) is 19.3. The van der Waals surface area contributed by atoms with Crippen LogP contribution in [0.5, 0.6) is 5.75 Å². The smallest absolute Gasteiger partial charge is 0.416 e. The van der Waals surface area contributed by atoms with E-state index in [-0.39, 0.29) is 38.6 Å². The van der Waals surface area contributed by atoms with Crippen molar-refractivity contribution in [2.45, 2.75) is 19.2 Å². The van der Waals surface area contributed by atoms with E-state index in [0.717, 1.165) is 16.8 Å². The molecule has 0 fully saturated rings. The van der Waals surface area contributed by atoms with E-state index in [1.54, 1.807) is 18.2 Å². The topological polar surface area (TPSA) is 93.8 Å². The van der Waals surface area contributed by atoms with Crippen molar-refractivity contribution in [3.05, 3.63) is 93.2 Å². The van der Waals surface area contributed by atoms with E-state index in [2.05, 4.69) is 10.1 Å². The third-order valence-electron chi connectivity index (χ3n) is 5.14. The molecule has 184 valence electrons. The van der Waals surface area contributed by atoms with Gasteiger partial charge in [-0.25, -0.2) is 9.78 Å². The van der Waals surface area contributed by atoms with Crippen LogP contribution in [0.1, 0.15) is 18.1 Å². The first-order valence-corrected chi connectivity index (χ1v) is 10.8. The third-order valence-corrected chi connectivity index (χ3v) is 5.37. The Bertz CT molecular complexity index is 1550. The summed E-state index contributed by atoms with van der Waals surface area (Å²) >= 11 is 6.07. The van der Waals surface area contributed by atoms with Crippen molar-refractivity contribution in [2.24, 2.45) is 5.10 Å². The second-order valence-corrected chi connectivity index (χ2v) is 8.11. The first-order chi connectivity index (χ1) is 17.0. The predicted octanol–water partition coefficient (Wildman–Crippen LogP) is 5.47.